The Kier molecular flexibility index (Phi) is 5.16. The highest BCUT2D eigenvalue weighted by molar-refractivity contribution is 6.31. The van der Waals surface area contributed by atoms with Crippen LogP contribution in [0.25, 0.3) is 11.0 Å². The lowest BCUT2D eigenvalue weighted by Crippen LogP contribution is -2.29. The first-order valence-corrected chi connectivity index (χ1v) is 10.7. The number of nitrogens with zero attached hydrogens (tertiary/aromatic N) is 1. The van der Waals surface area contributed by atoms with Gasteiger partial charge < -0.3 is 14.1 Å². The molecule has 7 heteroatoms. The Balaban J connectivity index is 1.68. The second-order valence-corrected chi connectivity index (χ2v) is 8.42. The van der Waals surface area contributed by atoms with Crippen molar-refractivity contribution < 1.29 is 13.9 Å². The van der Waals surface area contributed by atoms with Crippen molar-refractivity contribution in [1.82, 2.24) is 4.90 Å². The lowest BCUT2D eigenvalue weighted by Gasteiger charge is -2.25. The van der Waals surface area contributed by atoms with Crippen LogP contribution in [-0.2, 0) is 6.54 Å². The molecular formula is C25H17Cl2NO4. The number of hydrogen-bond acceptors (Lipinski definition) is 4. The van der Waals surface area contributed by atoms with Crippen molar-refractivity contribution in [3.63, 3.8) is 0 Å². The van der Waals surface area contributed by atoms with E-state index in [0.29, 0.717) is 26.6 Å². The molecule has 4 aromatic rings. The molecule has 1 atom stereocenters. The molecule has 1 aliphatic rings. The summed E-state index contributed by atoms with van der Waals surface area (Å²) < 4.78 is 11.2. The summed E-state index contributed by atoms with van der Waals surface area (Å²) in [6, 6.07) is 18.7. The summed E-state index contributed by atoms with van der Waals surface area (Å²) in [6.07, 6.45) is 0. The van der Waals surface area contributed by atoms with E-state index in [9.17, 15) is 9.59 Å². The number of carbonyl (C=O) groups excluding carboxylic acids is 1. The van der Waals surface area contributed by atoms with Crippen molar-refractivity contribution in [2.24, 2.45) is 0 Å². The largest absolute Gasteiger partial charge is 0.497 e. The highest BCUT2D eigenvalue weighted by Crippen LogP contribution is 2.39. The second-order valence-electron chi connectivity index (χ2n) is 7.55. The maximum absolute atomic E-state index is 13.5. The van der Waals surface area contributed by atoms with Gasteiger partial charge in [-0.05, 0) is 53.6 Å². The Morgan fingerprint density at radius 2 is 1.62 bits per heavy atom. The van der Waals surface area contributed by atoms with E-state index in [1.165, 1.54) is 0 Å². The Bertz CT molecular complexity index is 1390. The molecule has 5 rings (SSSR count). The number of methoxy groups -OCH3 is 1. The first kappa shape index (κ1) is 20.6. The quantitative estimate of drug-likeness (QED) is 0.379. The van der Waals surface area contributed by atoms with Crippen LogP contribution in [0.3, 0.4) is 0 Å². The SMILES string of the molecule is COc1ccc(CN2C(=O)c3oc4ccc(Cl)cc4c(=O)c3C2c2ccc(Cl)cc2)cc1. The van der Waals surface area contributed by atoms with Crippen LogP contribution < -0.4 is 10.2 Å². The van der Waals surface area contributed by atoms with Crippen LogP contribution in [0.2, 0.25) is 10.0 Å². The van der Waals surface area contributed by atoms with Gasteiger partial charge in [0.05, 0.1) is 24.1 Å². The molecule has 32 heavy (non-hydrogen) atoms. The molecule has 1 amide bonds. The monoisotopic (exact) mass is 465 g/mol. The molecule has 160 valence electrons. The molecule has 1 unspecified atom stereocenters. The third kappa shape index (κ3) is 3.44. The van der Waals surface area contributed by atoms with Crippen LogP contribution in [0.4, 0.5) is 0 Å². The van der Waals surface area contributed by atoms with Gasteiger partial charge in [-0.1, -0.05) is 47.5 Å². The minimum absolute atomic E-state index is 0.0540. The zero-order valence-corrected chi connectivity index (χ0v) is 18.5. The number of benzene rings is 3. The Labute approximate surface area is 193 Å². The number of carbonyl (C=O) groups is 1. The first-order valence-electron chi connectivity index (χ1n) is 9.92. The molecule has 3 aromatic carbocycles. The van der Waals surface area contributed by atoms with Crippen LogP contribution in [0.15, 0.2) is 75.9 Å². The van der Waals surface area contributed by atoms with E-state index in [4.69, 9.17) is 32.4 Å². The number of fused-ring (bicyclic) bond motifs is 2. The van der Waals surface area contributed by atoms with Crippen molar-refractivity contribution in [3.05, 3.63) is 109 Å². The molecule has 0 bridgehead atoms. The summed E-state index contributed by atoms with van der Waals surface area (Å²) >= 11 is 12.2. The van der Waals surface area contributed by atoms with E-state index in [1.807, 2.05) is 36.4 Å². The molecule has 2 heterocycles. The average molecular weight is 466 g/mol. The van der Waals surface area contributed by atoms with Crippen LogP contribution in [0, 0.1) is 0 Å². The molecule has 0 N–H and O–H groups in total. The predicted octanol–water partition coefficient (Wildman–Crippen LogP) is 5.85. The molecule has 0 saturated carbocycles. The molecule has 1 aliphatic heterocycles. The lowest BCUT2D eigenvalue weighted by molar-refractivity contribution is 0.0714. The van der Waals surface area contributed by atoms with Gasteiger partial charge in [-0.15, -0.1) is 0 Å². The predicted molar refractivity (Wildman–Crippen MR) is 124 cm³/mol. The van der Waals surface area contributed by atoms with Gasteiger partial charge >= 0.3 is 0 Å². The minimum atomic E-state index is -0.614. The fourth-order valence-electron chi connectivity index (χ4n) is 4.07. The minimum Gasteiger partial charge on any atom is -0.497 e. The molecular weight excluding hydrogens is 449 g/mol. The van der Waals surface area contributed by atoms with Gasteiger partial charge in [0.2, 0.25) is 5.76 Å². The van der Waals surface area contributed by atoms with Gasteiger partial charge in [-0.2, -0.15) is 0 Å². The molecule has 0 saturated heterocycles. The average Bonchev–Trinajstić information content (AvgIpc) is 3.07. The number of ether oxygens (including phenoxy) is 1. The van der Waals surface area contributed by atoms with E-state index < -0.39 is 6.04 Å². The van der Waals surface area contributed by atoms with Crippen LogP contribution in [0.5, 0.6) is 5.75 Å². The number of rotatable bonds is 4. The maximum atomic E-state index is 13.5. The van der Waals surface area contributed by atoms with Gasteiger partial charge in [0.1, 0.15) is 11.3 Å². The number of amides is 1. The Morgan fingerprint density at radius 3 is 2.31 bits per heavy atom. The molecule has 0 radical (unpaired) electrons. The van der Waals surface area contributed by atoms with Crippen molar-refractivity contribution >= 4 is 40.1 Å². The normalized spacial score (nSPS) is 15.3. The smallest absolute Gasteiger partial charge is 0.291 e. The Morgan fingerprint density at radius 1 is 0.938 bits per heavy atom. The first-order chi connectivity index (χ1) is 15.5. The topological polar surface area (TPSA) is 59.8 Å². The zero-order chi connectivity index (χ0) is 22.4. The number of halogens is 2. The lowest BCUT2D eigenvalue weighted by atomic mass is 9.98. The summed E-state index contributed by atoms with van der Waals surface area (Å²) in [7, 11) is 1.60. The Hall–Kier alpha value is -3.28. The molecule has 0 aliphatic carbocycles. The maximum Gasteiger partial charge on any atom is 0.291 e. The molecule has 0 spiro atoms. The van der Waals surface area contributed by atoms with Crippen LogP contribution in [-0.4, -0.2) is 17.9 Å². The van der Waals surface area contributed by atoms with E-state index in [1.54, 1.807) is 42.3 Å². The fourth-order valence-corrected chi connectivity index (χ4v) is 4.37. The molecule has 5 nitrogen and oxygen atoms in total. The zero-order valence-electron chi connectivity index (χ0n) is 17.0. The van der Waals surface area contributed by atoms with Gasteiger partial charge in [-0.25, -0.2) is 0 Å². The van der Waals surface area contributed by atoms with E-state index in [0.717, 1.165) is 16.9 Å². The summed E-state index contributed by atoms with van der Waals surface area (Å²) in [5, 5.41) is 1.33. The van der Waals surface area contributed by atoms with E-state index >= 15 is 0 Å². The second kappa shape index (κ2) is 8.01. The molecule has 0 fully saturated rings. The van der Waals surface area contributed by atoms with Crippen molar-refractivity contribution in [2.75, 3.05) is 7.11 Å². The summed E-state index contributed by atoms with van der Waals surface area (Å²) in [5.41, 5.74) is 2.03. The van der Waals surface area contributed by atoms with E-state index in [-0.39, 0.29) is 23.6 Å². The summed E-state index contributed by atoms with van der Waals surface area (Å²) in [4.78, 5) is 28.6. The van der Waals surface area contributed by atoms with Crippen molar-refractivity contribution in [3.8, 4) is 5.75 Å². The summed E-state index contributed by atoms with van der Waals surface area (Å²) in [5.74, 6) is 0.432. The van der Waals surface area contributed by atoms with Crippen molar-refractivity contribution in [2.45, 2.75) is 12.6 Å². The van der Waals surface area contributed by atoms with Gasteiger partial charge in [0.25, 0.3) is 5.91 Å². The third-order valence-electron chi connectivity index (χ3n) is 5.63. The summed E-state index contributed by atoms with van der Waals surface area (Å²) in [6.45, 7) is 0.289. The highest BCUT2D eigenvalue weighted by Gasteiger charge is 2.42. The van der Waals surface area contributed by atoms with Gasteiger partial charge in [0, 0.05) is 16.6 Å². The van der Waals surface area contributed by atoms with Crippen LogP contribution >= 0.6 is 23.2 Å². The fraction of sp³-hybridized carbons (Fsp3) is 0.120. The highest BCUT2D eigenvalue weighted by atomic mass is 35.5. The van der Waals surface area contributed by atoms with Gasteiger partial charge in [0.15, 0.2) is 5.43 Å². The van der Waals surface area contributed by atoms with Crippen LogP contribution in [0.1, 0.15) is 33.3 Å². The van der Waals surface area contributed by atoms with E-state index in [2.05, 4.69) is 0 Å². The van der Waals surface area contributed by atoms with Crippen molar-refractivity contribution in [1.29, 1.82) is 0 Å². The molecule has 1 aromatic heterocycles. The third-order valence-corrected chi connectivity index (χ3v) is 6.11. The standard InChI is InChI=1S/C25H17Cl2NO4/c1-31-18-9-2-14(3-10-18)13-28-22(15-4-6-16(26)7-5-15)21-23(29)19-12-17(27)8-11-20(19)32-24(21)25(28)30/h2-12,22H,13H2,1H3. The number of hydrogen-bond donors (Lipinski definition) is 0. The van der Waals surface area contributed by atoms with Gasteiger partial charge in [-0.3, -0.25) is 9.59 Å².